The van der Waals surface area contributed by atoms with E-state index in [2.05, 4.69) is 0 Å². The molecule has 2 aromatic rings. The van der Waals surface area contributed by atoms with E-state index in [4.69, 9.17) is 4.74 Å². The molecule has 0 bridgehead atoms. The molecule has 1 heterocycles. The van der Waals surface area contributed by atoms with Gasteiger partial charge in [-0.2, -0.15) is 0 Å². The van der Waals surface area contributed by atoms with Crippen LogP contribution in [0.2, 0.25) is 0 Å². The predicted octanol–water partition coefficient (Wildman–Crippen LogP) is 3.33. The summed E-state index contributed by atoms with van der Waals surface area (Å²) >= 11 is 0. The minimum absolute atomic E-state index is 0.126. The van der Waals surface area contributed by atoms with E-state index in [1.165, 1.54) is 0 Å². The highest BCUT2D eigenvalue weighted by Crippen LogP contribution is 2.15. The molecule has 0 aliphatic rings. The average Bonchev–Trinajstić information content (AvgIpc) is 2.88. The van der Waals surface area contributed by atoms with E-state index < -0.39 is 0 Å². The summed E-state index contributed by atoms with van der Waals surface area (Å²) in [5.41, 5.74) is 0. The molecule has 0 saturated heterocycles. The van der Waals surface area contributed by atoms with Crippen LogP contribution in [0.3, 0.4) is 0 Å². The summed E-state index contributed by atoms with van der Waals surface area (Å²) in [6.07, 6.45) is 4.99. The molecule has 4 heteroatoms. The molecule has 0 aliphatic carbocycles. The number of ether oxygens (including phenoxy) is 1. The molecule has 0 amide bonds. The number of hydrogen-bond donors (Lipinski definition) is 0. The van der Waals surface area contributed by atoms with Crippen molar-refractivity contribution in [2.24, 2.45) is 0 Å². The van der Waals surface area contributed by atoms with Crippen LogP contribution in [0.1, 0.15) is 33.1 Å². The monoisotopic (exact) mass is 287 g/mol. The number of ketones is 1. The zero-order chi connectivity index (χ0) is 15.2. The summed E-state index contributed by atoms with van der Waals surface area (Å²) in [4.78, 5) is 23.4. The standard InChI is InChI=1S/C17H21NO3/c1-3-15(19)9-16(4-2)21-17(20)12-18-10-13-7-5-6-8-14(13)11-18/h5-8,10-11,16H,3-4,9,12H2,1-2H3. The van der Waals surface area contributed by atoms with Crippen LogP contribution in [0.25, 0.3) is 10.8 Å². The van der Waals surface area contributed by atoms with Gasteiger partial charge in [0.1, 0.15) is 18.4 Å². The van der Waals surface area contributed by atoms with Gasteiger partial charge in [-0.05, 0) is 17.2 Å². The third-order valence-corrected chi connectivity index (χ3v) is 3.52. The third kappa shape index (κ3) is 4.18. The number of fused-ring (bicyclic) bond motifs is 1. The number of nitrogens with zero attached hydrogens (tertiary/aromatic N) is 1. The number of benzene rings is 1. The first kappa shape index (κ1) is 15.3. The summed E-state index contributed by atoms with van der Waals surface area (Å²) in [5.74, 6) is -0.174. The Labute approximate surface area is 124 Å². The van der Waals surface area contributed by atoms with Crippen molar-refractivity contribution >= 4 is 22.5 Å². The second-order valence-electron chi connectivity index (χ2n) is 5.18. The molecule has 2 rings (SSSR count). The topological polar surface area (TPSA) is 48.3 Å². The van der Waals surface area contributed by atoms with Gasteiger partial charge in [0.15, 0.2) is 0 Å². The van der Waals surface area contributed by atoms with Crippen LogP contribution in [-0.2, 0) is 20.9 Å². The van der Waals surface area contributed by atoms with Crippen molar-refractivity contribution in [2.45, 2.75) is 45.8 Å². The van der Waals surface area contributed by atoms with Crippen LogP contribution in [0, 0.1) is 0 Å². The van der Waals surface area contributed by atoms with Gasteiger partial charge < -0.3 is 9.30 Å². The fourth-order valence-electron chi connectivity index (χ4n) is 2.27. The summed E-state index contributed by atoms with van der Waals surface area (Å²) in [5, 5.41) is 2.19. The first-order chi connectivity index (χ1) is 10.1. The maximum atomic E-state index is 12.0. The molecule has 0 N–H and O–H groups in total. The lowest BCUT2D eigenvalue weighted by atomic mass is 10.1. The first-order valence-corrected chi connectivity index (χ1v) is 7.38. The zero-order valence-electron chi connectivity index (χ0n) is 12.5. The Morgan fingerprint density at radius 2 is 1.76 bits per heavy atom. The third-order valence-electron chi connectivity index (χ3n) is 3.52. The van der Waals surface area contributed by atoms with Crippen molar-refractivity contribution < 1.29 is 14.3 Å². The summed E-state index contributed by atoms with van der Waals surface area (Å²) in [6, 6.07) is 7.95. The van der Waals surface area contributed by atoms with E-state index in [9.17, 15) is 9.59 Å². The maximum absolute atomic E-state index is 12.0. The molecule has 0 aliphatic heterocycles. The largest absolute Gasteiger partial charge is 0.461 e. The maximum Gasteiger partial charge on any atom is 0.326 e. The first-order valence-electron chi connectivity index (χ1n) is 7.38. The minimum Gasteiger partial charge on any atom is -0.461 e. The highest BCUT2D eigenvalue weighted by molar-refractivity contribution is 5.83. The lowest BCUT2D eigenvalue weighted by Gasteiger charge is -2.15. The molecular weight excluding hydrogens is 266 g/mol. The Bertz CT molecular complexity index is 597. The second-order valence-corrected chi connectivity index (χ2v) is 5.18. The quantitative estimate of drug-likeness (QED) is 0.734. The van der Waals surface area contributed by atoms with Gasteiger partial charge >= 0.3 is 5.97 Å². The molecule has 0 radical (unpaired) electrons. The molecular formula is C17H21NO3. The Morgan fingerprint density at radius 1 is 1.14 bits per heavy atom. The summed E-state index contributed by atoms with van der Waals surface area (Å²) in [6.45, 7) is 3.92. The Morgan fingerprint density at radius 3 is 2.29 bits per heavy atom. The smallest absolute Gasteiger partial charge is 0.326 e. The molecule has 1 unspecified atom stereocenters. The molecule has 1 aromatic carbocycles. The van der Waals surface area contributed by atoms with Crippen molar-refractivity contribution in [3.63, 3.8) is 0 Å². The van der Waals surface area contributed by atoms with Crippen LogP contribution in [0.15, 0.2) is 36.7 Å². The van der Waals surface area contributed by atoms with Crippen LogP contribution in [-0.4, -0.2) is 22.4 Å². The van der Waals surface area contributed by atoms with Crippen LogP contribution in [0.5, 0.6) is 0 Å². The fraction of sp³-hybridized carbons (Fsp3) is 0.412. The molecule has 0 spiro atoms. The lowest BCUT2D eigenvalue weighted by Crippen LogP contribution is -2.23. The van der Waals surface area contributed by atoms with Crippen molar-refractivity contribution in [1.29, 1.82) is 0 Å². The Balaban J connectivity index is 1.95. The second kappa shape index (κ2) is 7.07. The van der Waals surface area contributed by atoms with E-state index >= 15 is 0 Å². The van der Waals surface area contributed by atoms with Crippen LogP contribution >= 0.6 is 0 Å². The highest BCUT2D eigenvalue weighted by Gasteiger charge is 2.16. The molecule has 21 heavy (non-hydrogen) atoms. The van der Waals surface area contributed by atoms with E-state index in [0.717, 1.165) is 10.8 Å². The van der Waals surface area contributed by atoms with Crippen molar-refractivity contribution in [2.75, 3.05) is 0 Å². The number of rotatable bonds is 7. The normalized spacial score (nSPS) is 12.3. The summed E-state index contributed by atoms with van der Waals surface area (Å²) < 4.78 is 7.21. The molecule has 0 fully saturated rings. The van der Waals surface area contributed by atoms with Gasteiger partial charge in [-0.3, -0.25) is 9.59 Å². The summed E-state index contributed by atoms with van der Waals surface area (Å²) in [7, 11) is 0. The van der Waals surface area contributed by atoms with Gasteiger partial charge in [0.2, 0.25) is 0 Å². The van der Waals surface area contributed by atoms with Crippen LogP contribution in [0.4, 0.5) is 0 Å². The van der Waals surface area contributed by atoms with Gasteiger partial charge in [-0.1, -0.05) is 38.1 Å². The zero-order valence-corrected chi connectivity index (χ0v) is 12.5. The number of carbonyl (C=O) groups excluding carboxylic acids is 2. The fourth-order valence-corrected chi connectivity index (χ4v) is 2.27. The molecule has 4 nitrogen and oxygen atoms in total. The molecule has 1 atom stereocenters. The highest BCUT2D eigenvalue weighted by atomic mass is 16.5. The van der Waals surface area contributed by atoms with Crippen molar-refractivity contribution in [1.82, 2.24) is 4.57 Å². The average molecular weight is 287 g/mol. The number of Topliss-reactive ketones (excluding diaryl/α,β-unsaturated/α-hetero) is 1. The number of esters is 1. The van der Waals surface area contributed by atoms with Crippen molar-refractivity contribution in [3.05, 3.63) is 36.7 Å². The predicted molar refractivity (Wildman–Crippen MR) is 82.0 cm³/mol. The van der Waals surface area contributed by atoms with E-state index in [1.54, 1.807) is 0 Å². The molecule has 0 saturated carbocycles. The Hall–Kier alpha value is -2.10. The minimum atomic E-state index is -0.310. The molecule has 112 valence electrons. The van der Waals surface area contributed by atoms with E-state index in [1.807, 2.05) is 55.1 Å². The van der Waals surface area contributed by atoms with E-state index in [-0.39, 0.29) is 24.4 Å². The van der Waals surface area contributed by atoms with Gasteiger partial charge in [0, 0.05) is 25.2 Å². The van der Waals surface area contributed by atoms with Gasteiger partial charge in [-0.15, -0.1) is 0 Å². The van der Waals surface area contributed by atoms with Crippen molar-refractivity contribution in [3.8, 4) is 0 Å². The van der Waals surface area contributed by atoms with E-state index in [0.29, 0.717) is 19.3 Å². The molecule has 1 aromatic heterocycles. The SMILES string of the molecule is CCC(=O)CC(CC)OC(=O)Cn1cc2ccccc2c1. The van der Waals surface area contributed by atoms with Crippen LogP contribution < -0.4 is 0 Å². The Kier molecular flexibility index (Phi) is 5.14. The van der Waals surface area contributed by atoms with Gasteiger partial charge in [0.05, 0.1) is 0 Å². The van der Waals surface area contributed by atoms with Gasteiger partial charge in [0.25, 0.3) is 0 Å². The number of carbonyl (C=O) groups is 2. The lowest BCUT2D eigenvalue weighted by molar-refractivity contribution is -0.151. The van der Waals surface area contributed by atoms with Gasteiger partial charge in [-0.25, -0.2) is 0 Å². The number of aromatic nitrogens is 1. The number of hydrogen-bond acceptors (Lipinski definition) is 3.